The molecular formula is C15H10F2N2O. The number of hydrogen-bond donors (Lipinski definition) is 1. The lowest BCUT2D eigenvalue weighted by molar-refractivity contribution is -0.115. The van der Waals surface area contributed by atoms with Gasteiger partial charge in [0.05, 0.1) is 17.7 Å². The molecule has 20 heavy (non-hydrogen) atoms. The first-order valence-electron chi connectivity index (χ1n) is 5.83. The minimum absolute atomic E-state index is 0.0957. The Morgan fingerprint density at radius 1 is 1.20 bits per heavy atom. The minimum Gasteiger partial charge on any atom is -0.325 e. The fourth-order valence-corrected chi connectivity index (χ4v) is 1.72. The number of carbonyl (C=O) groups is 1. The average molecular weight is 272 g/mol. The van der Waals surface area contributed by atoms with Crippen LogP contribution in [0.2, 0.25) is 0 Å². The molecule has 0 spiro atoms. The van der Waals surface area contributed by atoms with E-state index in [1.807, 2.05) is 6.07 Å². The number of rotatable bonds is 3. The Kier molecular flexibility index (Phi) is 4.06. The van der Waals surface area contributed by atoms with Crippen molar-refractivity contribution < 1.29 is 13.6 Å². The highest BCUT2D eigenvalue weighted by Gasteiger charge is 2.11. The van der Waals surface area contributed by atoms with E-state index in [2.05, 4.69) is 5.32 Å². The second-order valence-corrected chi connectivity index (χ2v) is 4.12. The smallest absolute Gasteiger partial charge is 0.228 e. The highest BCUT2D eigenvalue weighted by Crippen LogP contribution is 2.15. The molecule has 0 bridgehead atoms. The van der Waals surface area contributed by atoms with Gasteiger partial charge < -0.3 is 5.32 Å². The van der Waals surface area contributed by atoms with Gasteiger partial charge in [-0.15, -0.1) is 0 Å². The topological polar surface area (TPSA) is 52.9 Å². The molecule has 0 saturated heterocycles. The zero-order chi connectivity index (χ0) is 14.5. The van der Waals surface area contributed by atoms with Crippen LogP contribution in [0.4, 0.5) is 14.5 Å². The van der Waals surface area contributed by atoms with Crippen molar-refractivity contribution in [1.82, 2.24) is 0 Å². The molecule has 2 aromatic rings. The summed E-state index contributed by atoms with van der Waals surface area (Å²) in [4.78, 5) is 11.8. The molecule has 2 aromatic carbocycles. The first-order valence-corrected chi connectivity index (χ1v) is 5.83. The molecule has 0 radical (unpaired) electrons. The van der Waals surface area contributed by atoms with Crippen molar-refractivity contribution in [1.29, 1.82) is 5.26 Å². The molecule has 0 aliphatic heterocycles. The van der Waals surface area contributed by atoms with Crippen molar-refractivity contribution in [3.8, 4) is 6.07 Å². The molecule has 0 fully saturated rings. The second-order valence-electron chi connectivity index (χ2n) is 4.12. The number of anilines is 1. The predicted molar refractivity (Wildman–Crippen MR) is 69.8 cm³/mol. The van der Waals surface area contributed by atoms with Crippen LogP contribution in [-0.2, 0) is 11.2 Å². The van der Waals surface area contributed by atoms with Gasteiger partial charge in [-0.3, -0.25) is 4.79 Å². The lowest BCUT2D eigenvalue weighted by Gasteiger charge is -2.07. The van der Waals surface area contributed by atoms with Gasteiger partial charge in [0.1, 0.15) is 17.7 Å². The molecule has 1 N–H and O–H groups in total. The van der Waals surface area contributed by atoms with Crippen LogP contribution in [0.3, 0.4) is 0 Å². The summed E-state index contributed by atoms with van der Waals surface area (Å²) in [5.74, 6) is -1.94. The molecule has 2 rings (SSSR count). The summed E-state index contributed by atoms with van der Waals surface area (Å²) in [7, 11) is 0. The number of nitriles is 1. The summed E-state index contributed by atoms with van der Waals surface area (Å²) in [5, 5.41) is 11.4. The van der Waals surface area contributed by atoms with E-state index in [0.717, 1.165) is 12.1 Å². The number of para-hydroxylation sites is 1. The van der Waals surface area contributed by atoms with Crippen molar-refractivity contribution in [2.75, 3.05) is 5.32 Å². The van der Waals surface area contributed by atoms with Crippen LogP contribution in [0.15, 0.2) is 42.5 Å². The van der Waals surface area contributed by atoms with E-state index < -0.39 is 17.5 Å². The van der Waals surface area contributed by atoms with Crippen molar-refractivity contribution in [2.45, 2.75) is 6.42 Å². The lowest BCUT2D eigenvalue weighted by Crippen LogP contribution is -2.16. The minimum atomic E-state index is -0.770. The summed E-state index contributed by atoms with van der Waals surface area (Å²) in [6.45, 7) is 0. The first kappa shape index (κ1) is 13.7. The van der Waals surface area contributed by atoms with E-state index in [-0.39, 0.29) is 12.0 Å². The van der Waals surface area contributed by atoms with Crippen LogP contribution < -0.4 is 5.32 Å². The fourth-order valence-electron chi connectivity index (χ4n) is 1.72. The van der Waals surface area contributed by atoms with Crippen LogP contribution in [0.1, 0.15) is 11.1 Å². The average Bonchev–Trinajstić information content (AvgIpc) is 2.42. The van der Waals surface area contributed by atoms with Gasteiger partial charge in [-0.1, -0.05) is 18.2 Å². The van der Waals surface area contributed by atoms with E-state index in [1.165, 1.54) is 6.07 Å². The fraction of sp³-hybridized carbons (Fsp3) is 0.0667. The van der Waals surface area contributed by atoms with Gasteiger partial charge in [0.15, 0.2) is 0 Å². The highest BCUT2D eigenvalue weighted by molar-refractivity contribution is 5.93. The zero-order valence-electron chi connectivity index (χ0n) is 10.4. The maximum absolute atomic E-state index is 13.4. The Hall–Kier alpha value is -2.74. The molecule has 0 heterocycles. The third kappa shape index (κ3) is 3.18. The highest BCUT2D eigenvalue weighted by atomic mass is 19.1. The van der Waals surface area contributed by atoms with E-state index >= 15 is 0 Å². The first-order chi connectivity index (χ1) is 9.60. The zero-order valence-corrected chi connectivity index (χ0v) is 10.4. The van der Waals surface area contributed by atoms with E-state index in [1.54, 1.807) is 24.3 Å². The Balaban J connectivity index is 2.11. The van der Waals surface area contributed by atoms with Gasteiger partial charge in [0, 0.05) is 6.07 Å². The Bertz CT molecular complexity index is 693. The third-order valence-electron chi connectivity index (χ3n) is 2.69. The number of benzene rings is 2. The number of nitrogens with one attached hydrogen (secondary N) is 1. The maximum atomic E-state index is 13.4. The van der Waals surface area contributed by atoms with E-state index in [0.29, 0.717) is 11.3 Å². The van der Waals surface area contributed by atoms with Gasteiger partial charge >= 0.3 is 0 Å². The Morgan fingerprint density at radius 2 is 1.95 bits per heavy atom. The lowest BCUT2D eigenvalue weighted by atomic mass is 10.1. The molecule has 0 unspecified atom stereocenters. The number of halogens is 2. The van der Waals surface area contributed by atoms with Crippen LogP contribution >= 0.6 is 0 Å². The third-order valence-corrected chi connectivity index (χ3v) is 2.69. The van der Waals surface area contributed by atoms with Gasteiger partial charge in [-0.05, 0) is 23.8 Å². The van der Waals surface area contributed by atoms with Gasteiger partial charge in [0.2, 0.25) is 5.91 Å². The summed E-state index contributed by atoms with van der Waals surface area (Å²) in [6.07, 6.45) is -0.230. The van der Waals surface area contributed by atoms with Crippen molar-refractivity contribution in [3.63, 3.8) is 0 Å². The van der Waals surface area contributed by atoms with E-state index in [9.17, 15) is 13.6 Å². The number of nitrogens with zero attached hydrogens (tertiary/aromatic N) is 1. The van der Waals surface area contributed by atoms with Gasteiger partial charge in [0.25, 0.3) is 0 Å². The van der Waals surface area contributed by atoms with Crippen LogP contribution in [-0.4, -0.2) is 5.91 Å². The van der Waals surface area contributed by atoms with Gasteiger partial charge in [-0.25, -0.2) is 8.78 Å². The summed E-state index contributed by atoms with van der Waals surface area (Å²) in [5.41, 5.74) is 0.779. The molecule has 0 atom stereocenters. The largest absolute Gasteiger partial charge is 0.325 e. The van der Waals surface area contributed by atoms with Crippen LogP contribution in [0, 0.1) is 23.0 Å². The van der Waals surface area contributed by atoms with Crippen molar-refractivity contribution >= 4 is 11.6 Å². The van der Waals surface area contributed by atoms with Crippen LogP contribution in [0.25, 0.3) is 0 Å². The van der Waals surface area contributed by atoms with Crippen LogP contribution in [0.5, 0.6) is 0 Å². The quantitative estimate of drug-likeness (QED) is 0.933. The molecule has 1 amide bonds. The van der Waals surface area contributed by atoms with Crippen molar-refractivity contribution in [3.05, 3.63) is 65.2 Å². The monoisotopic (exact) mass is 272 g/mol. The second kappa shape index (κ2) is 5.93. The molecular weight excluding hydrogens is 262 g/mol. The number of amides is 1. The summed E-state index contributed by atoms with van der Waals surface area (Å²) < 4.78 is 26.2. The van der Waals surface area contributed by atoms with Gasteiger partial charge in [-0.2, -0.15) is 5.26 Å². The molecule has 3 nitrogen and oxygen atoms in total. The molecule has 0 saturated carbocycles. The number of carbonyl (C=O) groups excluding carboxylic acids is 1. The molecule has 0 aliphatic rings. The maximum Gasteiger partial charge on any atom is 0.228 e. The van der Waals surface area contributed by atoms with Crippen molar-refractivity contribution in [2.24, 2.45) is 0 Å². The summed E-state index contributed by atoms with van der Waals surface area (Å²) >= 11 is 0. The molecule has 5 heteroatoms. The Morgan fingerprint density at radius 3 is 2.65 bits per heavy atom. The SMILES string of the molecule is N#Cc1ccccc1NC(=O)Cc1ccc(F)cc1F. The number of hydrogen-bond acceptors (Lipinski definition) is 2. The predicted octanol–water partition coefficient (Wildman–Crippen LogP) is 3.02. The van der Waals surface area contributed by atoms with E-state index in [4.69, 9.17) is 5.26 Å². The normalized spacial score (nSPS) is 9.85. The molecule has 0 aromatic heterocycles. The Labute approximate surface area is 114 Å². The molecule has 100 valence electrons. The standard InChI is InChI=1S/C15H10F2N2O/c16-12-6-5-10(13(17)8-12)7-15(20)19-14-4-2-1-3-11(14)9-18/h1-6,8H,7H2,(H,19,20). The summed E-state index contributed by atoms with van der Waals surface area (Å²) in [6, 6.07) is 11.5. The molecule has 0 aliphatic carbocycles.